The van der Waals surface area contributed by atoms with E-state index < -0.39 is 26.5 Å². The average molecular weight is 298 g/mol. The zero-order valence-electron chi connectivity index (χ0n) is 10.4. The van der Waals surface area contributed by atoms with Crippen molar-refractivity contribution in [1.82, 2.24) is 4.31 Å². The van der Waals surface area contributed by atoms with E-state index in [4.69, 9.17) is 0 Å². The number of carbonyl (C=O) groups excluding carboxylic acids is 2. The third-order valence-electron chi connectivity index (χ3n) is 2.87. The Labute approximate surface area is 114 Å². The minimum absolute atomic E-state index is 0.0962. The molecule has 0 fully saturated rings. The second-order valence-corrected chi connectivity index (χ2v) is 6.10. The molecule has 2 rings (SSSR count). The van der Waals surface area contributed by atoms with Crippen molar-refractivity contribution in [3.63, 3.8) is 0 Å². The maximum absolute atomic E-state index is 12.2. The van der Waals surface area contributed by atoms with E-state index in [-0.39, 0.29) is 29.2 Å². The van der Waals surface area contributed by atoms with Crippen molar-refractivity contribution in [2.45, 2.75) is 18.2 Å². The molecule has 9 heteroatoms. The highest BCUT2D eigenvalue weighted by Crippen LogP contribution is 2.32. The summed E-state index contributed by atoms with van der Waals surface area (Å²) >= 11 is 0. The number of benzene rings is 1. The van der Waals surface area contributed by atoms with Gasteiger partial charge < -0.3 is 0 Å². The third kappa shape index (κ3) is 2.16. The fraction of sp³-hybridized carbons (Fsp3) is 0.273. The molecule has 0 aliphatic carbocycles. The SMILES string of the molecule is CC(=O)CCN1C(=O)c2ccc([N+](=O)[O-])cc2S1(=O)=O. The number of nitro benzene ring substituents is 1. The zero-order chi connectivity index (χ0) is 15.1. The first-order valence-corrected chi connectivity index (χ1v) is 7.04. The molecule has 0 unspecified atom stereocenters. The Kier molecular flexibility index (Phi) is 3.30. The van der Waals surface area contributed by atoms with Gasteiger partial charge in [-0.15, -0.1) is 0 Å². The first-order valence-electron chi connectivity index (χ1n) is 5.60. The summed E-state index contributed by atoms with van der Waals surface area (Å²) in [6.07, 6.45) is -0.0962. The summed E-state index contributed by atoms with van der Waals surface area (Å²) in [7, 11) is -4.12. The lowest BCUT2D eigenvalue weighted by atomic mass is 10.2. The number of amides is 1. The monoisotopic (exact) mass is 298 g/mol. The van der Waals surface area contributed by atoms with Crippen molar-refractivity contribution in [1.29, 1.82) is 0 Å². The van der Waals surface area contributed by atoms with Gasteiger partial charge in [0, 0.05) is 25.1 Å². The summed E-state index contributed by atoms with van der Waals surface area (Å²) in [5, 5.41) is 10.7. The molecule has 0 saturated heterocycles. The number of non-ortho nitro benzene ring substituents is 1. The van der Waals surface area contributed by atoms with E-state index in [9.17, 15) is 28.1 Å². The Bertz CT molecular complexity index is 724. The van der Waals surface area contributed by atoms with Gasteiger partial charge in [-0.2, -0.15) is 0 Å². The molecule has 0 radical (unpaired) electrons. The van der Waals surface area contributed by atoms with E-state index in [2.05, 4.69) is 0 Å². The number of ketones is 1. The van der Waals surface area contributed by atoms with E-state index in [1.54, 1.807) is 0 Å². The zero-order valence-corrected chi connectivity index (χ0v) is 11.2. The van der Waals surface area contributed by atoms with E-state index >= 15 is 0 Å². The molecule has 0 atom stereocenters. The number of nitrogens with zero attached hydrogens (tertiary/aromatic N) is 2. The molecule has 0 aromatic heterocycles. The summed E-state index contributed by atoms with van der Waals surface area (Å²) < 4.78 is 24.9. The predicted octanol–water partition coefficient (Wildman–Crippen LogP) is 0.718. The summed E-state index contributed by atoms with van der Waals surface area (Å²) in [6.45, 7) is 1.02. The minimum Gasteiger partial charge on any atom is -0.300 e. The Hall–Kier alpha value is -2.29. The second kappa shape index (κ2) is 4.67. The first kappa shape index (κ1) is 14.1. The van der Waals surface area contributed by atoms with E-state index in [0.29, 0.717) is 4.31 Å². The third-order valence-corrected chi connectivity index (χ3v) is 4.69. The van der Waals surface area contributed by atoms with Gasteiger partial charge in [0.2, 0.25) is 0 Å². The molecule has 0 N–H and O–H groups in total. The molecule has 20 heavy (non-hydrogen) atoms. The van der Waals surface area contributed by atoms with Crippen LogP contribution < -0.4 is 0 Å². The average Bonchev–Trinajstić information content (AvgIpc) is 2.55. The summed E-state index contributed by atoms with van der Waals surface area (Å²) in [6, 6.07) is 3.04. The van der Waals surface area contributed by atoms with Gasteiger partial charge in [0.05, 0.1) is 10.5 Å². The Balaban J connectivity index is 2.48. The van der Waals surface area contributed by atoms with Crippen molar-refractivity contribution < 1.29 is 22.9 Å². The fourth-order valence-corrected chi connectivity index (χ4v) is 3.45. The van der Waals surface area contributed by atoms with E-state index in [0.717, 1.165) is 18.2 Å². The van der Waals surface area contributed by atoms with Gasteiger partial charge in [0.15, 0.2) is 0 Å². The molecule has 8 nitrogen and oxygen atoms in total. The lowest BCUT2D eigenvalue weighted by Crippen LogP contribution is -2.31. The molecule has 0 bridgehead atoms. The standard InChI is InChI=1S/C11H10N2O6S/c1-7(14)4-5-12-11(15)9-3-2-8(13(16)17)6-10(9)20(12,18)19/h2-3,6H,4-5H2,1H3. The van der Waals surface area contributed by atoms with Crippen LogP contribution >= 0.6 is 0 Å². The van der Waals surface area contributed by atoms with Crippen LogP contribution in [0.1, 0.15) is 23.7 Å². The maximum Gasteiger partial charge on any atom is 0.270 e. The largest absolute Gasteiger partial charge is 0.300 e. The minimum atomic E-state index is -4.12. The number of rotatable bonds is 4. The van der Waals surface area contributed by atoms with Crippen LogP contribution in [0.25, 0.3) is 0 Å². The van der Waals surface area contributed by atoms with Crippen LogP contribution in [0.15, 0.2) is 23.1 Å². The molecule has 1 amide bonds. The lowest BCUT2D eigenvalue weighted by molar-refractivity contribution is -0.385. The highest BCUT2D eigenvalue weighted by molar-refractivity contribution is 7.90. The number of hydrogen-bond donors (Lipinski definition) is 0. The molecule has 1 aromatic rings. The highest BCUT2D eigenvalue weighted by Gasteiger charge is 2.41. The molecule has 1 aliphatic rings. The predicted molar refractivity (Wildman–Crippen MR) is 66.6 cm³/mol. The molecule has 106 valence electrons. The Morgan fingerprint density at radius 1 is 1.40 bits per heavy atom. The Morgan fingerprint density at radius 2 is 2.05 bits per heavy atom. The summed E-state index contributed by atoms with van der Waals surface area (Å²) in [4.78, 5) is 32.4. The first-order chi connectivity index (χ1) is 9.25. The molecule has 0 spiro atoms. The number of Topliss-reactive ketones (excluding diaryl/α,β-unsaturated/α-hetero) is 1. The summed E-state index contributed by atoms with van der Waals surface area (Å²) in [5.41, 5.74) is -0.521. The number of nitro groups is 1. The number of fused-ring (bicyclic) bond motifs is 1. The van der Waals surface area contributed by atoms with Gasteiger partial charge in [-0.25, -0.2) is 12.7 Å². The smallest absolute Gasteiger partial charge is 0.270 e. The van der Waals surface area contributed by atoms with Crippen LogP contribution in [-0.4, -0.2) is 35.9 Å². The quantitative estimate of drug-likeness (QED) is 0.597. The maximum atomic E-state index is 12.2. The van der Waals surface area contributed by atoms with Crippen LogP contribution in [-0.2, 0) is 14.8 Å². The van der Waals surface area contributed by atoms with Crippen LogP contribution in [0.5, 0.6) is 0 Å². The van der Waals surface area contributed by atoms with Gasteiger partial charge in [0.1, 0.15) is 10.7 Å². The number of carbonyl (C=O) groups is 2. The summed E-state index contributed by atoms with van der Waals surface area (Å²) in [5.74, 6) is -1.02. The van der Waals surface area contributed by atoms with Gasteiger partial charge in [0.25, 0.3) is 21.6 Å². The topological polar surface area (TPSA) is 115 Å². The van der Waals surface area contributed by atoms with Crippen molar-refractivity contribution in [3.05, 3.63) is 33.9 Å². The molecule has 0 saturated carbocycles. The molecular weight excluding hydrogens is 288 g/mol. The normalized spacial score (nSPS) is 16.1. The molecule has 1 aliphatic heterocycles. The van der Waals surface area contributed by atoms with Gasteiger partial charge in [-0.1, -0.05) is 0 Å². The van der Waals surface area contributed by atoms with Gasteiger partial charge in [-0.05, 0) is 13.0 Å². The van der Waals surface area contributed by atoms with Crippen LogP contribution in [0.4, 0.5) is 5.69 Å². The molecular formula is C11H10N2O6S. The van der Waals surface area contributed by atoms with E-state index in [1.165, 1.54) is 6.92 Å². The fourth-order valence-electron chi connectivity index (χ4n) is 1.86. The van der Waals surface area contributed by atoms with Crippen molar-refractivity contribution >= 4 is 27.4 Å². The van der Waals surface area contributed by atoms with Crippen LogP contribution in [0, 0.1) is 10.1 Å². The second-order valence-electron chi connectivity index (χ2n) is 4.27. The van der Waals surface area contributed by atoms with Crippen molar-refractivity contribution in [3.8, 4) is 0 Å². The van der Waals surface area contributed by atoms with Crippen LogP contribution in [0.3, 0.4) is 0 Å². The Morgan fingerprint density at radius 3 is 2.60 bits per heavy atom. The van der Waals surface area contributed by atoms with Gasteiger partial charge in [-0.3, -0.25) is 19.7 Å². The molecule has 1 heterocycles. The van der Waals surface area contributed by atoms with Crippen molar-refractivity contribution in [2.24, 2.45) is 0 Å². The number of hydrogen-bond acceptors (Lipinski definition) is 6. The number of sulfonamides is 1. The van der Waals surface area contributed by atoms with Gasteiger partial charge >= 0.3 is 0 Å². The molecule has 1 aromatic carbocycles. The van der Waals surface area contributed by atoms with Crippen molar-refractivity contribution in [2.75, 3.05) is 6.54 Å². The lowest BCUT2D eigenvalue weighted by Gasteiger charge is -2.13. The highest BCUT2D eigenvalue weighted by atomic mass is 32.2. The van der Waals surface area contributed by atoms with Crippen LogP contribution in [0.2, 0.25) is 0 Å². The van der Waals surface area contributed by atoms with E-state index in [1.807, 2.05) is 0 Å².